The van der Waals surface area contributed by atoms with Gasteiger partial charge in [-0.2, -0.15) is 0 Å². The van der Waals surface area contributed by atoms with Gasteiger partial charge in [-0.05, 0) is 13.8 Å². The number of rotatable bonds is 0. The molecule has 1 aromatic rings. The maximum atomic E-state index is 2.12. The number of hydrogen-bond acceptors (Lipinski definition) is 0. The van der Waals surface area contributed by atoms with Gasteiger partial charge in [-0.1, -0.05) is 35.4 Å². The molecule has 0 aliphatic carbocycles. The minimum Gasteiger partial charge on any atom is -0.0591 e. The first-order valence-electron chi connectivity index (χ1n) is 2.82. The monoisotopic (exact) mass is 162 g/mol. The van der Waals surface area contributed by atoms with Gasteiger partial charge in [-0.15, -0.1) is 0 Å². The van der Waals surface area contributed by atoms with Crippen LogP contribution < -0.4 is 0 Å². The van der Waals surface area contributed by atoms with Crippen LogP contribution in [-0.2, 0) is 17.1 Å². The zero-order valence-corrected chi connectivity index (χ0v) is 6.77. The van der Waals surface area contributed by atoms with Crippen molar-refractivity contribution in [2.45, 2.75) is 13.8 Å². The first kappa shape index (κ1) is 8.74. The Balaban J connectivity index is 0.000000640. The van der Waals surface area contributed by atoms with E-state index in [-0.39, 0.29) is 17.1 Å². The Morgan fingerprint density at radius 1 is 0.778 bits per heavy atom. The first-order valence-corrected chi connectivity index (χ1v) is 2.82. The Bertz CT molecular complexity index is 143. The molecule has 0 aliphatic rings. The summed E-state index contributed by atoms with van der Waals surface area (Å²) in [6, 6.07) is 8.48. The summed E-state index contributed by atoms with van der Waals surface area (Å²) in [6.07, 6.45) is 0. The van der Waals surface area contributed by atoms with Crippen LogP contribution >= 0.6 is 0 Å². The van der Waals surface area contributed by atoms with E-state index in [1.165, 1.54) is 11.1 Å². The largest absolute Gasteiger partial charge is 0.0591 e. The molecular formula is C8H10Fe. The zero-order chi connectivity index (χ0) is 5.98. The molecule has 0 saturated carbocycles. The van der Waals surface area contributed by atoms with Crippen LogP contribution in [0.5, 0.6) is 0 Å². The fourth-order valence-corrected chi connectivity index (χ4v) is 0.637. The molecule has 0 unspecified atom stereocenters. The number of benzene rings is 1. The second-order valence-electron chi connectivity index (χ2n) is 2.15. The van der Waals surface area contributed by atoms with E-state index in [4.69, 9.17) is 0 Å². The van der Waals surface area contributed by atoms with E-state index in [0.717, 1.165) is 0 Å². The third-order valence-corrected chi connectivity index (χ3v) is 1.22. The van der Waals surface area contributed by atoms with Crippen molar-refractivity contribution in [3.8, 4) is 0 Å². The molecule has 0 bridgehead atoms. The second kappa shape index (κ2) is 3.71. The van der Waals surface area contributed by atoms with Crippen molar-refractivity contribution in [1.82, 2.24) is 0 Å². The molecule has 1 aromatic carbocycles. The fourth-order valence-electron chi connectivity index (χ4n) is 0.637. The van der Waals surface area contributed by atoms with Gasteiger partial charge in [0.05, 0.1) is 0 Å². The van der Waals surface area contributed by atoms with Gasteiger partial charge in [0.15, 0.2) is 0 Å². The van der Waals surface area contributed by atoms with Crippen molar-refractivity contribution in [3.05, 3.63) is 35.4 Å². The molecule has 0 saturated heterocycles. The SMILES string of the molecule is Cc1ccc(C)cc1.[Fe]. The van der Waals surface area contributed by atoms with E-state index in [9.17, 15) is 0 Å². The maximum absolute atomic E-state index is 2.12. The molecule has 0 N–H and O–H groups in total. The Labute approximate surface area is 66.8 Å². The molecule has 0 aliphatic heterocycles. The Kier molecular flexibility index (Phi) is 3.60. The van der Waals surface area contributed by atoms with E-state index >= 15 is 0 Å². The molecular weight excluding hydrogens is 152 g/mol. The van der Waals surface area contributed by atoms with Crippen molar-refractivity contribution in [3.63, 3.8) is 0 Å². The first-order chi connectivity index (χ1) is 3.79. The van der Waals surface area contributed by atoms with Gasteiger partial charge >= 0.3 is 0 Å². The van der Waals surface area contributed by atoms with Crippen LogP contribution in [0.1, 0.15) is 11.1 Å². The topological polar surface area (TPSA) is 0 Å². The second-order valence-corrected chi connectivity index (χ2v) is 2.15. The Morgan fingerprint density at radius 3 is 1.22 bits per heavy atom. The predicted molar refractivity (Wildman–Crippen MR) is 35.9 cm³/mol. The van der Waals surface area contributed by atoms with Crippen LogP contribution in [0.25, 0.3) is 0 Å². The fraction of sp³-hybridized carbons (Fsp3) is 0.250. The molecule has 9 heavy (non-hydrogen) atoms. The van der Waals surface area contributed by atoms with Crippen molar-refractivity contribution in [1.29, 1.82) is 0 Å². The maximum Gasteiger partial charge on any atom is 0 e. The Hall–Kier alpha value is -0.261. The summed E-state index contributed by atoms with van der Waals surface area (Å²) in [4.78, 5) is 0. The van der Waals surface area contributed by atoms with Crippen LogP contribution in [0.2, 0.25) is 0 Å². The minimum absolute atomic E-state index is 0. The molecule has 0 radical (unpaired) electrons. The summed E-state index contributed by atoms with van der Waals surface area (Å²) in [6.45, 7) is 4.19. The number of aryl methyl sites for hydroxylation is 2. The van der Waals surface area contributed by atoms with Crippen LogP contribution in [-0.4, -0.2) is 0 Å². The van der Waals surface area contributed by atoms with Crippen LogP contribution in [0.3, 0.4) is 0 Å². The normalized spacial score (nSPS) is 8.22. The van der Waals surface area contributed by atoms with Crippen molar-refractivity contribution in [2.24, 2.45) is 0 Å². The van der Waals surface area contributed by atoms with Crippen molar-refractivity contribution >= 4 is 0 Å². The molecule has 0 spiro atoms. The quantitative estimate of drug-likeness (QED) is 0.513. The molecule has 50 valence electrons. The van der Waals surface area contributed by atoms with Crippen LogP contribution in [0.4, 0.5) is 0 Å². The summed E-state index contributed by atoms with van der Waals surface area (Å²) in [5.74, 6) is 0. The molecule has 1 heteroatoms. The molecule has 0 aromatic heterocycles. The van der Waals surface area contributed by atoms with Gasteiger partial charge in [-0.3, -0.25) is 0 Å². The predicted octanol–water partition coefficient (Wildman–Crippen LogP) is 2.30. The van der Waals surface area contributed by atoms with E-state index in [0.29, 0.717) is 0 Å². The van der Waals surface area contributed by atoms with Gasteiger partial charge in [0, 0.05) is 17.1 Å². The summed E-state index contributed by atoms with van der Waals surface area (Å²) in [7, 11) is 0. The molecule has 0 heterocycles. The van der Waals surface area contributed by atoms with Crippen molar-refractivity contribution in [2.75, 3.05) is 0 Å². The molecule has 0 amide bonds. The van der Waals surface area contributed by atoms with Crippen LogP contribution in [0, 0.1) is 13.8 Å². The number of hydrogen-bond donors (Lipinski definition) is 0. The summed E-state index contributed by atoms with van der Waals surface area (Å²) in [5.41, 5.74) is 2.66. The van der Waals surface area contributed by atoms with Crippen molar-refractivity contribution < 1.29 is 17.1 Å². The Morgan fingerprint density at radius 2 is 1.00 bits per heavy atom. The van der Waals surface area contributed by atoms with E-state index < -0.39 is 0 Å². The van der Waals surface area contributed by atoms with Gasteiger partial charge in [-0.25, -0.2) is 0 Å². The van der Waals surface area contributed by atoms with Gasteiger partial charge in [0.2, 0.25) is 0 Å². The average Bonchev–Trinajstić information content (AvgIpc) is 1.77. The average molecular weight is 162 g/mol. The summed E-state index contributed by atoms with van der Waals surface area (Å²) >= 11 is 0. The van der Waals surface area contributed by atoms with Gasteiger partial charge in [0.25, 0.3) is 0 Å². The van der Waals surface area contributed by atoms with E-state index in [2.05, 4.69) is 38.1 Å². The zero-order valence-electron chi connectivity index (χ0n) is 5.66. The molecule has 1 rings (SSSR count). The van der Waals surface area contributed by atoms with Crippen LogP contribution in [0.15, 0.2) is 24.3 Å². The molecule has 0 nitrogen and oxygen atoms in total. The van der Waals surface area contributed by atoms with E-state index in [1.54, 1.807) is 0 Å². The standard InChI is InChI=1S/C8H10.Fe/c1-7-3-5-8(2)6-4-7;/h3-6H,1-2H3;. The molecule has 0 atom stereocenters. The third-order valence-electron chi connectivity index (χ3n) is 1.22. The summed E-state index contributed by atoms with van der Waals surface area (Å²) in [5, 5.41) is 0. The smallest absolute Gasteiger partial charge is 0 e. The van der Waals surface area contributed by atoms with Gasteiger partial charge < -0.3 is 0 Å². The third kappa shape index (κ3) is 2.69. The molecule has 0 fully saturated rings. The van der Waals surface area contributed by atoms with Gasteiger partial charge in [0.1, 0.15) is 0 Å². The van der Waals surface area contributed by atoms with E-state index in [1.807, 2.05) is 0 Å². The minimum atomic E-state index is 0. The summed E-state index contributed by atoms with van der Waals surface area (Å²) < 4.78 is 0.